The highest BCUT2D eigenvalue weighted by Crippen LogP contribution is 2.14. The molecule has 0 aromatic carbocycles. The van der Waals surface area contributed by atoms with Crippen LogP contribution in [0.15, 0.2) is 36.9 Å². The van der Waals surface area contributed by atoms with Gasteiger partial charge in [0.2, 0.25) is 0 Å². The lowest BCUT2D eigenvalue weighted by atomic mass is 9.94. The van der Waals surface area contributed by atoms with Crippen molar-refractivity contribution in [3.05, 3.63) is 36.9 Å². The van der Waals surface area contributed by atoms with Gasteiger partial charge in [-0.1, -0.05) is 30.3 Å². The van der Waals surface area contributed by atoms with Crippen LogP contribution in [0.25, 0.3) is 0 Å². The Labute approximate surface area is 74.1 Å². The molecular weight excluding hydrogens is 149 g/mol. The van der Waals surface area contributed by atoms with Gasteiger partial charge >= 0.3 is 7.48 Å². The van der Waals surface area contributed by atoms with E-state index in [1.807, 2.05) is 18.2 Å². The summed E-state index contributed by atoms with van der Waals surface area (Å²) in [6.07, 6.45) is 8.22. The first-order valence-corrected chi connectivity index (χ1v) is 4.16. The Balaban J connectivity index is 2.44. The Kier molecular flexibility index (Phi) is 3.84. The first-order valence-electron chi connectivity index (χ1n) is 4.16. The van der Waals surface area contributed by atoms with E-state index in [2.05, 4.69) is 12.7 Å². The third kappa shape index (κ3) is 2.36. The highest BCUT2D eigenvalue weighted by molar-refractivity contribution is 6.34. The summed E-state index contributed by atoms with van der Waals surface area (Å²) in [4.78, 5) is 0. The van der Waals surface area contributed by atoms with Crippen LogP contribution < -0.4 is 5.73 Å². The third-order valence-corrected chi connectivity index (χ3v) is 1.87. The largest absolute Gasteiger partial charge is 0.428 e. The molecule has 12 heavy (non-hydrogen) atoms. The second kappa shape index (κ2) is 4.96. The van der Waals surface area contributed by atoms with E-state index in [0.29, 0.717) is 19.9 Å². The highest BCUT2D eigenvalue weighted by Gasteiger charge is 2.16. The number of hydrogen-bond acceptors (Lipinski definition) is 2. The van der Waals surface area contributed by atoms with Crippen LogP contribution in [-0.2, 0) is 4.65 Å². The maximum absolute atomic E-state index is 5.57. The van der Waals surface area contributed by atoms with Crippen molar-refractivity contribution in [3.63, 3.8) is 0 Å². The zero-order valence-corrected chi connectivity index (χ0v) is 7.15. The molecule has 64 valence electrons. The summed E-state index contributed by atoms with van der Waals surface area (Å²) in [7, 11) is 0.583. The van der Waals surface area contributed by atoms with Crippen molar-refractivity contribution in [3.8, 4) is 0 Å². The van der Waals surface area contributed by atoms with Gasteiger partial charge in [-0.2, -0.15) is 0 Å². The fraction of sp³-hybridized carbons (Fsp3) is 0.333. The molecule has 0 radical (unpaired) electrons. The number of allylic oxidation sites excluding steroid dienone is 2. The summed E-state index contributed by atoms with van der Waals surface area (Å²) >= 11 is 0. The fourth-order valence-electron chi connectivity index (χ4n) is 1.20. The molecule has 1 rings (SSSR count). The standard InChI is InChI=1S/C9H14BNO/c1-2-10-12-9-6-4-3-5-8(9)7-11/h2-6,8-10H,1,7,11H2. The lowest BCUT2D eigenvalue weighted by Crippen LogP contribution is -2.29. The Morgan fingerprint density at radius 1 is 1.50 bits per heavy atom. The predicted octanol–water partition coefficient (Wildman–Crippen LogP) is 0.568. The predicted molar refractivity (Wildman–Crippen MR) is 53.0 cm³/mol. The third-order valence-electron chi connectivity index (χ3n) is 1.87. The van der Waals surface area contributed by atoms with E-state index < -0.39 is 0 Å². The van der Waals surface area contributed by atoms with Crippen molar-refractivity contribution in [1.29, 1.82) is 0 Å². The summed E-state index contributed by atoms with van der Waals surface area (Å²) in [5.74, 6) is 2.06. The number of rotatable bonds is 4. The minimum absolute atomic E-state index is 0.123. The van der Waals surface area contributed by atoms with Crippen LogP contribution in [0.5, 0.6) is 0 Å². The van der Waals surface area contributed by atoms with E-state index in [1.165, 1.54) is 0 Å². The van der Waals surface area contributed by atoms with Gasteiger partial charge in [0.15, 0.2) is 0 Å². The van der Waals surface area contributed by atoms with Gasteiger partial charge in [-0.15, -0.1) is 6.58 Å². The van der Waals surface area contributed by atoms with Gasteiger partial charge in [-0.3, -0.25) is 0 Å². The van der Waals surface area contributed by atoms with Crippen molar-refractivity contribution in [1.82, 2.24) is 0 Å². The van der Waals surface area contributed by atoms with Crippen LogP contribution in [0.3, 0.4) is 0 Å². The fourth-order valence-corrected chi connectivity index (χ4v) is 1.20. The molecule has 2 N–H and O–H groups in total. The molecule has 1 aliphatic carbocycles. The van der Waals surface area contributed by atoms with Crippen molar-refractivity contribution in [2.75, 3.05) is 6.54 Å². The summed E-state index contributed by atoms with van der Waals surface area (Å²) < 4.78 is 5.50. The quantitative estimate of drug-likeness (QED) is 0.614. The molecule has 0 amide bonds. The normalized spacial score (nSPS) is 27.1. The summed E-state index contributed by atoms with van der Waals surface area (Å²) in [6.45, 7) is 4.23. The lowest BCUT2D eigenvalue weighted by molar-refractivity contribution is 0.217. The molecule has 0 saturated heterocycles. The first-order chi connectivity index (χ1) is 5.88. The second-order valence-electron chi connectivity index (χ2n) is 2.76. The van der Waals surface area contributed by atoms with Crippen molar-refractivity contribution in [2.45, 2.75) is 6.10 Å². The minimum atomic E-state index is 0.123. The molecule has 2 atom stereocenters. The average molecular weight is 163 g/mol. The molecular formula is C9H14BNO. The van der Waals surface area contributed by atoms with Gasteiger partial charge in [-0.25, -0.2) is 0 Å². The zero-order valence-electron chi connectivity index (χ0n) is 7.15. The SMILES string of the molecule is C=CBOC1C=CC=CC1CN. The van der Waals surface area contributed by atoms with E-state index in [-0.39, 0.29) is 6.10 Å². The second-order valence-corrected chi connectivity index (χ2v) is 2.76. The van der Waals surface area contributed by atoms with E-state index in [0.717, 1.165) is 0 Å². The molecule has 0 aliphatic heterocycles. The van der Waals surface area contributed by atoms with Crippen LogP contribution in [0, 0.1) is 5.92 Å². The Morgan fingerprint density at radius 2 is 2.25 bits per heavy atom. The van der Waals surface area contributed by atoms with Crippen LogP contribution >= 0.6 is 0 Å². The van der Waals surface area contributed by atoms with Gasteiger partial charge < -0.3 is 10.4 Å². The summed E-state index contributed by atoms with van der Waals surface area (Å²) in [6, 6.07) is 0. The number of nitrogens with two attached hydrogens (primary N) is 1. The van der Waals surface area contributed by atoms with Crippen LogP contribution in [0.4, 0.5) is 0 Å². The van der Waals surface area contributed by atoms with Crippen LogP contribution in [0.2, 0.25) is 0 Å². The van der Waals surface area contributed by atoms with Crippen molar-refractivity contribution >= 4 is 7.48 Å². The minimum Gasteiger partial charge on any atom is -0.428 e. The monoisotopic (exact) mass is 163 g/mol. The molecule has 0 saturated carbocycles. The van der Waals surface area contributed by atoms with E-state index in [1.54, 1.807) is 5.98 Å². The van der Waals surface area contributed by atoms with Gasteiger partial charge in [-0.05, 0) is 0 Å². The van der Waals surface area contributed by atoms with Gasteiger partial charge in [0.25, 0.3) is 0 Å². The van der Waals surface area contributed by atoms with Gasteiger partial charge in [0, 0.05) is 12.5 Å². The number of hydrogen-bond donors (Lipinski definition) is 1. The molecule has 0 aromatic heterocycles. The van der Waals surface area contributed by atoms with Crippen LogP contribution in [0.1, 0.15) is 0 Å². The molecule has 2 unspecified atom stereocenters. The van der Waals surface area contributed by atoms with E-state index in [4.69, 9.17) is 10.4 Å². The lowest BCUT2D eigenvalue weighted by Gasteiger charge is -2.22. The molecule has 1 aliphatic rings. The highest BCUT2D eigenvalue weighted by atomic mass is 16.4. The molecule has 3 heteroatoms. The van der Waals surface area contributed by atoms with E-state index in [9.17, 15) is 0 Å². The van der Waals surface area contributed by atoms with Crippen molar-refractivity contribution < 1.29 is 4.65 Å². The zero-order chi connectivity index (χ0) is 8.81. The molecule has 0 heterocycles. The molecule has 2 nitrogen and oxygen atoms in total. The van der Waals surface area contributed by atoms with E-state index >= 15 is 0 Å². The first kappa shape index (κ1) is 9.29. The average Bonchev–Trinajstić information content (AvgIpc) is 2.15. The van der Waals surface area contributed by atoms with Gasteiger partial charge in [0.05, 0.1) is 6.10 Å². The molecule has 0 fully saturated rings. The Bertz CT molecular complexity index is 201. The topological polar surface area (TPSA) is 35.2 Å². The molecule has 0 spiro atoms. The smallest absolute Gasteiger partial charge is 0.301 e. The molecule has 0 bridgehead atoms. The summed E-state index contributed by atoms with van der Waals surface area (Å²) in [5, 5.41) is 0. The maximum atomic E-state index is 5.57. The van der Waals surface area contributed by atoms with Gasteiger partial charge in [0.1, 0.15) is 0 Å². The van der Waals surface area contributed by atoms with Crippen molar-refractivity contribution in [2.24, 2.45) is 11.7 Å². The Morgan fingerprint density at radius 3 is 2.92 bits per heavy atom. The molecule has 0 aromatic rings. The summed E-state index contributed by atoms with van der Waals surface area (Å²) in [5.41, 5.74) is 5.57. The maximum Gasteiger partial charge on any atom is 0.301 e. The Hall–Kier alpha value is -0.795. The van der Waals surface area contributed by atoms with Crippen LogP contribution in [-0.4, -0.2) is 20.1 Å².